The molecule has 1 fully saturated rings. The highest BCUT2D eigenvalue weighted by atomic mass is 32.2. The van der Waals surface area contributed by atoms with Gasteiger partial charge in [-0.15, -0.1) is 0 Å². The van der Waals surface area contributed by atoms with E-state index in [0.29, 0.717) is 19.8 Å². The first kappa shape index (κ1) is 15.7. The summed E-state index contributed by atoms with van der Waals surface area (Å²) < 4.78 is 36.6. The summed E-state index contributed by atoms with van der Waals surface area (Å²) in [5.74, 6) is -1.07. The molecule has 2 rings (SSSR count). The van der Waals surface area contributed by atoms with Crippen LogP contribution in [0, 0.1) is 0 Å². The molecule has 1 aliphatic heterocycles. The van der Waals surface area contributed by atoms with Crippen LogP contribution in [0.15, 0.2) is 23.1 Å². The van der Waals surface area contributed by atoms with Crippen LogP contribution in [0.25, 0.3) is 0 Å². The Kier molecular flexibility index (Phi) is 4.81. The van der Waals surface area contributed by atoms with Gasteiger partial charge < -0.3 is 14.6 Å². The molecule has 1 aromatic rings. The number of sulfonamides is 1. The number of hydrogen-bond donors (Lipinski definition) is 1. The molecule has 1 N–H and O–H groups in total. The lowest BCUT2D eigenvalue weighted by molar-refractivity contribution is 0.0691. The van der Waals surface area contributed by atoms with E-state index in [-0.39, 0.29) is 29.3 Å². The average molecular weight is 315 g/mol. The number of ether oxygens (including phenoxy) is 2. The quantitative estimate of drug-likeness (QED) is 0.864. The molecule has 1 heterocycles. The van der Waals surface area contributed by atoms with Gasteiger partial charge in [0, 0.05) is 13.1 Å². The fourth-order valence-corrected chi connectivity index (χ4v) is 3.49. The molecule has 8 heteroatoms. The number of aromatic carboxylic acids is 1. The molecule has 1 aliphatic rings. The van der Waals surface area contributed by atoms with Gasteiger partial charge in [-0.25, -0.2) is 13.2 Å². The Labute approximate surface area is 123 Å². The van der Waals surface area contributed by atoms with Crippen LogP contribution in [-0.2, 0) is 14.8 Å². The molecule has 0 bridgehead atoms. The van der Waals surface area contributed by atoms with Gasteiger partial charge in [-0.3, -0.25) is 0 Å². The molecule has 0 unspecified atom stereocenters. The number of rotatable bonds is 5. The molecule has 21 heavy (non-hydrogen) atoms. The lowest BCUT2D eigenvalue weighted by Crippen LogP contribution is -2.40. The van der Waals surface area contributed by atoms with Gasteiger partial charge in [0.15, 0.2) is 0 Å². The second-order valence-electron chi connectivity index (χ2n) is 4.41. The highest BCUT2D eigenvalue weighted by molar-refractivity contribution is 7.89. The van der Waals surface area contributed by atoms with Gasteiger partial charge >= 0.3 is 5.97 Å². The summed E-state index contributed by atoms with van der Waals surface area (Å²) in [5.41, 5.74) is -0.161. The minimum absolute atomic E-state index is 0.0507. The van der Waals surface area contributed by atoms with Crippen molar-refractivity contribution < 1.29 is 27.8 Å². The van der Waals surface area contributed by atoms with Crippen molar-refractivity contribution in [2.45, 2.75) is 11.8 Å². The summed E-state index contributed by atoms with van der Waals surface area (Å²) in [6, 6.07) is 3.88. The van der Waals surface area contributed by atoms with Crippen molar-refractivity contribution in [3.63, 3.8) is 0 Å². The number of hydrogen-bond acceptors (Lipinski definition) is 5. The molecule has 1 aromatic carbocycles. The zero-order valence-electron chi connectivity index (χ0n) is 11.6. The predicted octanol–water partition coefficient (Wildman–Crippen LogP) is 0.804. The van der Waals surface area contributed by atoms with E-state index in [4.69, 9.17) is 9.47 Å². The number of carboxylic acids is 1. The normalized spacial score (nSPS) is 16.6. The van der Waals surface area contributed by atoms with Crippen molar-refractivity contribution >= 4 is 16.0 Å². The first-order valence-electron chi connectivity index (χ1n) is 6.55. The molecular weight excluding hydrogens is 298 g/mol. The topological polar surface area (TPSA) is 93.1 Å². The van der Waals surface area contributed by atoms with E-state index in [9.17, 15) is 18.3 Å². The molecule has 0 aromatic heterocycles. The largest absolute Gasteiger partial charge is 0.493 e. The SMILES string of the molecule is CCOc1ccc(S(=O)(=O)N2CCOCC2)cc1C(=O)O. The Morgan fingerprint density at radius 1 is 1.38 bits per heavy atom. The molecule has 0 radical (unpaired) electrons. The van der Waals surface area contributed by atoms with Crippen molar-refractivity contribution in [1.82, 2.24) is 4.31 Å². The third-order valence-corrected chi connectivity index (χ3v) is 4.98. The second-order valence-corrected chi connectivity index (χ2v) is 6.35. The van der Waals surface area contributed by atoms with Crippen molar-refractivity contribution in [2.75, 3.05) is 32.9 Å². The maximum atomic E-state index is 12.5. The molecule has 0 amide bonds. The third-order valence-electron chi connectivity index (χ3n) is 3.09. The molecule has 0 saturated carbocycles. The number of carboxylic acid groups (broad SMARTS) is 1. The smallest absolute Gasteiger partial charge is 0.339 e. The van der Waals surface area contributed by atoms with Crippen molar-refractivity contribution in [1.29, 1.82) is 0 Å². The van der Waals surface area contributed by atoms with Gasteiger partial charge in [-0.05, 0) is 25.1 Å². The van der Waals surface area contributed by atoms with E-state index < -0.39 is 16.0 Å². The lowest BCUT2D eigenvalue weighted by Gasteiger charge is -2.26. The molecule has 0 aliphatic carbocycles. The Balaban J connectivity index is 2.39. The van der Waals surface area contributed by atoms with Crippen molar-refractivity contribution in [2.24, 2.45) is 0 Å². The summed E-state index contributed by atoms with van der Waals surface area (Å²) in [6.07, 6.45) is 0. The molecule has 116 valence electrons. The Bertz CT molecular complexity index is 622. The van der Waals surface area contributed by atoms with E-state index in [1.165, 1.54) is 16.4 Å². The number of morpholine rings is 1. The highest BCUT2D eigenvalue weighted by Gasteiger charge is 2.27. The van der Waals surface area contributed by atoms with Gasteiger partial charge in [0.2, 0.25) is 10.0 Å². The summed E-state index contributed by atoms with van der Waals surface area (Å²) >= 11 is 0. The van der Waals surface area contributed by atoms with Crippen LogP contribution in [-0.4, -0.2) is 56.7 Å². The number of nitrogens with zero attached hydrogens (tertiary/aromatic N) is 1. The third kappa shape index (κ3) is 3.34. The van der Waals surface area contributed by atoms with Gasteiger partial charge in [0.25, 0.3) is 0 Å². The monoisotopic (exact) mass is 315 g/mol. The lowest BCUT2D eigenvalue weighted by atomic mass is 10.2. The summed E-state index contributed by atoms with van der Waals surface area (Å²) in [5, 5.41) is 9.18. The average Bonchev–Trinajstić information content (AvgIpc) is 2.48. The maximum Gasteiger partial charge on any atom is 0.339 e. The summed E-state index contributed by atoms with van der Waals surface area (Å²) in [6.45, 7) is 3.22. The Morgan fingerprint density at radius 3 is 2.62 bits per heavy atom. The zero-order chi connectivity index (χ0) is 15.5. The van der Waals surface area contributed by atoms with Crippen LogP contribution in [0.4, 0.5) is 0 Å². The molecule has 1 saturated heterocycles. The van der Waals surface area contributed by atoms with Crippen LogP contribution in [0.5, 0.6) is 5.75 Å². The van der Waals surface area contributed by atoms with Gasteiger partial charge in [0.05, 0.1) is 24.7 Å². The van der Waals surface area contributed by atoms with Crippen LogP contribution in [0.2, 0.25) is 0 Å². The summed E-state index contributed by atoms with van der Waals surface area (Å²) in [7, 11) is -3.72. The van der Waals surface area contributed by atoms with Crippen LogP contribution in [0.1, 0.15) is 17.3 Å². The molecule has 0 spiro atoms. The van der Waals surface area contributed by atoms with Gasteiger partial charge in [0.1, 0.15) is 11.3 Å². The molecular formula is C13H17NO6S. The minimum atomic E-state index is -3.72. The number of carbonyl (C=O) groups is 1. The highest BCUT2D eigenvalue weighted by Crippen LogP contribution is 2.25. The first-order valence-corrected chi connectivity index (χ1v) is 7.99. The van der Waals surface area contributed by atoms with E-state index in [1.807, 2.05) is 0 Å². The van der Waals surface area contributed by atoms with E-state index in [1.54, 1.807) is 6.92 Å². The van der Waals surface area contributed by atoms with Gasteiger partial charge in [-0.2, -0.15) is 4.31 Å². The van der Waals surface area contributed by atoms with Crippen LogP contribution >= 0.6 is 0 Å². The predicted molar refractivity (Wildman–Crippen MR) is 74.1 cm³/mol. The molecule has 7 nitrogen and oxygen atoms in total. The first-order chi connectivity index (χ1) is 9.96. The second kappa shape index (κ2) is 6.42. The van der Waals surface area contributed by atoms with E-state index in [2.05, 4.69) is 0 Å². The van der Waals surface area contributed by atoms with Crippen molar-refractivity contribution in [3.8, 4) is 5.75 Å². The van der Waals surface area contributed by atoms with E-state index in [0.717, 1.165) is 6.07 Å². The fourth-order valence-electron chi connectivity index (χ4n) is 2.05. The van der Waals surface area contributed by atoms with E-state index >= 15 is 0 Å². The zero-order valence-corrected chi connectivity index (χ0v) is 12.4. The van der Waals surface area contributed by atoms with Crippen molar-refractivity contribution in [3.05, 3.63) is 23.8 Å². The maximum absolute atomic E-state index is 12.5. The van der Waals surface area contributed by atoms with Crippen LogP contribution in [0.3, 0.4) is 0 Å². The Hall–Kier alpha value is -1.64. The van der Waals surface area contributed by atoms with Crippen LogP contribution < -0.4 is 4.74 Å². The Morgan fingerprint density at radius 2 is 2.05 bits per heavy atom. The number of benzene rings is 1. The fraction of sp³-hybridized carbons (Fsp3) is 0.462. The standard InChI is InChI=1S/C13H17NO6S/c1-2-20-12-4-3-10(9-11(12)13(15)16)21(17,18)14-5-7-19-8-6-14/h3-4,9H,2,5-8H2,1H3,(H,15,16). The minimum Gasteiger partial charge on any atom is -0.493 e. The van der Waals surface area contributed by atoms with Gasteiger partial charge in [-0.1, -0.05) is 0 Å². The molecule has 0 atom stereocenters. The summed E-state index contributed by atoms with van der Waals surface area (Å²) in [4.78, 5) is 11.2.